The Kier molecular flexibility index (Phi) is 4.46. The molecule has 5 nitrogen and oxygen atoms in total. The first-order chi connectivity index (χ1) is 6.94. The summed E-state index contributed by atoms with van der Waals surface area (Å²) in [6.45, 7) is 5.35. The molecule has 6 heteroatoms. The van der Waals surface area contributed by atoms with Crippen molar-refractivity contribution in [3.8, 4) is 0 Å². The minimum Gasteiger partial charge on any atom is -0.342 e. The first-order valence-electron chi connectivity index (χ1n) is 4.95. The van der Waals surface area contributed by atoms with Gasteiger partial charge in [0.05, 0.1) is 13.0 Å². The van der Waals surface area contributed by atoms with Crippen molar-refractivity contribution in [2.75, 3.05) is 19.6 Å². The van der Waals surface area contributed by atoms with E-state index < -0.39 is 19.8 Å². The quantitative estimate of drug-likeness (QED) is 0.678. The summed E-state index contributed by atoms with van der Waals surface area (Å²) in [5.74, 6) is 0.0161. The molecule has 1 aliphatic heterocycles. The predicted molar refractivity (Wildman–Crippen MR) is 55.1 cm³/mol. The van der Waals surface area contributed by atoms with Gasteiger partial charge < -0.3 is 14.0 Å². The van der Waals surface area contributed by atoms with Crippen molar-refractivity contribution in [3.05, 3.63) is 0 Å². The first-order valence-corrected chi connectivity index (χ1v) is 7.21. The summed E-state index contributed by atoms with van der Waals surface area (Å²) < 4.78 is 27.1. The molecule has 0 radical (unpaired) electrons. The Labute approximate surface area is 89.5 Å². The number of rotatable bonds is 5. The highest BCUT2D eigenvalue weighted by Crippen LogP contribution is 2.42. The number of carbonyl (C=O) groups excluding carboxylic acids is 1. The molecule has 0 bridgehead atoms. The van der Waals surface area contributed by atoms with E-state index in [1.54, 1.807) is 13.8 Å². The average molecular weight is 236 g/mol. The number of ether oxygens (including phenoxy) is 2. The number of Topliss-reactive ketones (excluding diaryl/α,β-unsaturated/α-hetero) is 1. The van der Waals surface area contributed by atoms with Crippen LogP contribution in [0.3, 0.4) is 0 Å². The van der Waals surface area contributed by atoms with Gasteiger partial charge in [-0.25, -0.2) is 0 Å². The van der Waals surface area contributed by atoms with Crippen molar-refractivity contribution in [2.24, 2.45) is 0 Å². The zero-order valence-corrected chi connectivity index (χ0v) is 10.2. The van der Waals surface area contributed by atoms with Crippen LogP contribution in [0.4, 0.5) is 0 Å². The summed E-state index contributed by atoms with van der Waals surface area (Å²) in [6, 6.07) is 0. The molecule has 1 rings (SSSR count). The second-order valence-corrected chi connectivity index (χ2v) is 6.15. The summed E-state index contributed by atoms with van der Waals surface area (Å²) in [4.78, 5) is 11.1. The third-order valence-electron chi connectivity index (χ3n) is 2.07. The second kappa shape index (κ2) is 5.21. The van der Waals surface area contributed by atoms with E-state index in [2.05, 4.69) is 0 Å². The van der Waals surface area contributed by atoms with Crippen molar-refractivity contribution < 1.29 is 23.4 Å². The fourth-order valence-corrected chi connectivity index (χ4v) is 2.37. The van der Waals surface area contributed by atoms with E-state index in [0.717, 1.165) is 0 Å². The maximum absolute atomic E-state index is 11.6. The lowest BCUT2D eigenvalue weighted by molar-refractivity contribution is -0.128. The van der Waals surface area contributed by atoms with Crippen LogP contribution in [0.15, 0.2) is 0 Å². The van der Waals surface area contributed by atoms with Gasteiger partial charge in [-0.1, -0.05) is 0 Å². The monoisotopic (exact) mass is 236 g/mol. The Hall–Kier alpha value is -0.220. The maximum Gasteiger partial charge on any atom is 0.225 e. The van der Waals surface area contributed by atoms with Crippen LogP contribution in [-0.4, -0.2) is 37.8 Å². The smallest absolute Gasteiger partial charge is 0.225 e. The Morgan fingerprint density at radius 1 is 1.60 bits per heavy atom. The summed E-state index contributed by atoms with van der Waals surface area (Å²) in [6.07, 6.45) is -0.765. The molecule has 0 aromatic carbocycles. The van der Waals surface area contributed by atoms with E-state index >= 15 is 0 Å². The lowest BCUT2D eigenvalue weighted by Crippen LogP contribution is -2.14. The summed E-state index contributed by atoms with van der Waals surface area (Å²) in [7, 11) is -2.70. The van der Waals surface area contributed by atoms with Gasteiger partial charge in [0.25, 0.3) is 0 Å². The topological polar surface area (TPSA) is 61.8 Å². The van der Waals surface area contributed by atoms with Crippen molar-refractivity contribution in [1.29, 1.82) is 0 Å². The van der Waals surface area contributed by atoms with Crippen LogP contribution in [0.1, 0.15) is 20.3 Å². The molecule has 0 amide bonds. The molecular formula is C9H17O5P. The van der Waals surface area contributed by atoms with E-state index in [4.69, 9.17) is 14.0 Å². The zero-order chi connectivity index (χ0) is 11.5. The molecule has 3 atom stereocenters. The van der Waals surface area contributed by atoms with Crippen molar-refractivity contribution >= 4 is 13.2 Å². The zero-order valence-electron chi connectivity index (χ0n) is 9.26. The summed E-state index contributed by atoms with van der Waals surface area (Å²) in [5, 5.41) is 0. The van der Waals surface area contributed by atoms with Crippen LogP contribution in [-0.2, 0) is 23.4 Å². The summed E-state index contributed by atoms with van der Waals surface area (Å²) >= 11 is 0. The van der Waals surface area contributed by atoms with Crippen molar-refractivity contribution in [1.82, 2.24) is 0 Å². The van der Waals surface area contributed by atoms with Crippen molar-refractivity contribution in [3.63, 3.8) is 0 Å². The molecule has 0 spiro atoms. The first kappa shape index (κ1) is 12.8. The van der Waals surface area contributed by atoms with Gasteiger partial charge in [-0.05, 0) is 13.8 Å². The lowest BCUT2D eigenvalue weighted by Gasteiger charge is -2.16. The number of carbonyl (C=O) groups is 1. The molecule has 88 valence electrons. The number of ketones is 1. The Morgan fingerprint density at radius 2 is 2.27 bits per heavy atom. The third kappa shape index (κ3) is 4.03. The van der Waals surface area contributed by atoms with Gasteiger partial charge in [-0.2, -0.15) is 0 Å². The molecule has 1 fully saturated rings. The molecule has 1 unspecified atom stereocenters. The molecule has 1 heterocycles. The van der Waals surface area contributed by atoms with Gasteiger partial charge in [-0.3, -0.25) is 9.36 Å². The van der Waals surface area contributed by atoms with Crippen LogP contribution in [0.25, 0.3) is 0 Å². The minimum absolute atomic E-state index is 0.00843. The van der Waals surface area contributed by atoms with E-state index in [1.807, 2.05) is 0 Å². The fraction of sp³-hybridized carbons (Fsp3) is 0.889. The van der Waals surface area contributed by atoms with Crippen LogP contribution in [0, 0.1) is 0 Å². The number of hydrogen-bond acceptors (Lipinski definition) is 5. The SMILES string of the molecule is CCOP(C)(=O)CO[C@@H]1CC(=O)[C@H](C)O1. The van der Waals surface area contributed by atoms with Crippen LogP contribution in [0.2, 0.25) is 0 Å². The van der Waals surface area contributed by atoms with Gasteiger partial charge in [0.2, 0.25) is 7.37 Å². The maximum atomic E-state index is 11.6. The van der Waals surface area contributed by atoms with Gasteiger partial charge in [0.15, 0.2) is 12.1 Å². The minimum atomic E-state index is -2.70. The highest BCUT2D eigenvalue weighted by Gasteiger charge is 2.32. The van der Waals surface area contributed by atoms with Crippen LogP contribution < -0.4 is 0 Å². The van der Waals surface area contributed by atoms with E-state index in [-0.39, 0.29) is 18.6 Å². The van der Waals surface area contributed by atoms with E-state index in [9.17, 15) is 9.36 Å². The van der Waals surface area contributed by atoms with Gasteiger partial charge in [0, 0.05) is 6.66 Å². The van der Waals surface area contributed by atoms with Crippen molar-refractivity contribution in [2.45, 2.75) is 32.7 Å². The molecule has 1 saturated heterocycles. The highest BCUT2D eigenvalue weighted by atomic mass is 31.2. The number of hydrogen-bond donors (Lipinski definition) is 0. The fourth-order valence-electron chi connectivity index (χ4n) is 1.31. The summed E-state index contributed by atoms with van der Waals surface area (Å²) in [5.41, 5.74) is 0. The largest absolute Gasteiger partial charge is 0.342 e. The Morgan fingerprint density at radius 3 is 2.73 bits per heavy atom. The molecule has 0 N–H and O–H groups in total. The van der Waals surface area contributed by atoms with E-state index in [1.165, 1.54) is 6.66 Å². The van der Waals surface area contributed by atoms with E-state index in [0.29, 0.717) is 6.61 Å². The van der Waals surface area contributed by atoms with Crippen LogP contribution in [0.5, 0.6) is 0 Å². The Balaban J connectivity index is 2.32. The lowest BCUT2D eigenvalue weighted by atomic mass is 10.2. The highest BCUT2D eigenvalue weighted by molar-refractivity contribution is 7.57. The van der Waals surface area contributed by atoms with Gasteiger partial charge >= 0.3 is 0 Å². The molecular weight excluding hydrogens is 219 g/mol. The predicted octanol–water partition coefficient (Wildman–Crippen LogP) is 1.61. The van der Waals surface area contributed by atoms with Gasteiger partial charge in [0.1, 0.15) is 12.5 Å². The van der Waals surface area contributed by atoms with Crippen LogP contribution >= 0.6 is 7.37 Å². The molecule has 0 aromatic heterocycles. The average Bonchev–Trinajstić information content (AvgIpc) is 2.44. The molecule has 15 heavy (non-hydrogen) atoms. The standard InChI is InChI=1S/C9H17O5P/c1-4-13-15(3,11)6-12-9-5-8(10)7(2)14-9/h7,9H,4-6H2,1-3H3/t7-,9-,15?/m0/s1. The molecule has 0 saturated carbocycles. The molecule has 1 aliphatic rings. The third-order valence-corrected chi connectivity index (χ3v) is 3.50. The second-order valence-electron chi connectivity index (χ2n) is 3.61. The Bertz CT molecular complexity index is 278. The molecule has 0 aromatic rings. The molecule has 0 aliphatic carbocycles. The normalized spacial score (nSPS) is 30.5. The van der Waals surface area contributed by atoms with Gasteiger partial charge in [-0.15, -0.1) is 0 Å².